The standard InChI is InChI=1S/C25H24F4N2O4S/c1-36(34,35)17-4-2-3-14(9-17)24(33)31-20-10-15(20)11-21(31)23(32)30-22(13-5-6-13)18-8-7-16(12-19(18)26)25(27,28)29/h2-4,7-9,12-13,15,20-22H,5-6,10-11H2,1H3,(H,30,32)/t15-,20-,21-,22?/m1/s1. The van der Waals surface area contributed by atoms with Crippen LogP contribution in [-0.4, -0.2) is 43.5 Å². The fraction of sp³-hybridized carbons (Fsp3) is 0.440. The second kappa shape index (κ2) is 8.57. The molecule has 36 heavy (non-hydrogen) atoms. The third-order valence-corrected chi connectivity index (χ3v) is 8.31. The van der Waals surface area contributed by atoms with Crippen molar-refractivity contribution in [2.45, 2.75) is 54.9 Å². The second-order valence-corrected chi connectivity index (χ2v) is 11.9. The number of carbonyl (C=O) groups is 2. The van der Waals surface area contributed by atoms with Gasteiger partial charge in [-0.2, -0.15) is 13.2 Å². The fourth-order valence-corrected chi connectivity index (χ4v) is 5.74. The Morgan fingerprint density at radius 2 is 1.81 bits per heavy atom. The van der Waals surface area contributed by atoms with E-state index in [2.05, 4.69) is 5.32 Å². The summed E-state index contributed by atoms with van der Waals surface area (Å²) in [6, 6.07) is 6.16. The summed E-state index contributed by atoms with van der Waals surface area (Å²) in [6.45, 7) is 0. The lowest BCUT2D eigenvalue weighted by atomic mass is 9.99. The number of fused-ring (bicyclic) bond motifs is 1. The monoisotopic (exact) mass is 524 g/mol. The van der Waals surface area contributed by atoms with Crippen LogP contribution < -0.4 is 5.32 Å². The SMILES string of the molecule is CS(=O)(=O)c1cccc(C(=O)N2[C@@H](C(=O)NC(c3ccc(C(F)(F)F)cc3F)C3CC3)C[C@H]3C[C@H]32)c1. The molecule has 2 amide bonds. The highest BCUT2D eigenvalue weighted by molar-refractivity contribution is 7.90. The number of alkyl halides is 3. The molecule has 0 aromatic heterocycles. The Labute approximate surface area is 205 Å². The van der Waals surface area contributed by atoms with Crippen LogP contribution in [-0.2, 0) is 20.8 Å². The number of hydrogen-bond donors (Lipinski definition) is 1. The Morgan fingerprint density at radius 1 is 1.08 bits per heavy atom. The van der Waals surface area contributed by atoms with Crippen LogP contribution in [0.1, 0.15) is 53.2 Å². The van der Waals surface area contributed by atoms with Crippen molar-refractivity contribution in [3.8, 4) is 0 Å². The summed E-state index contributed by atoms with van der Waals surface area (Å²) in [5.74, 6) is -1.96. The van der Waals surface area contributed by atoms with Gasteiger partial charge in [-0.3, -0.25) is 9.59 Å². The molecule has 192 valence electrons. The summed E-state index contributed by atoms with van der Waals surface area (Å²) >= 11 is 0. The Balaban J connectivity index is 1.38. The van der Waals surface area contributed by atoms with Crippen LogP contribution in [0.2, 0.25) is 0 Å². The molecule has 2 aromatic rings. The first kappa shape index (κ1) is 24.7. The second-order valence-electron chi connectivity index (χ2n) is 9.88. The Bertz CT molecular complexity index is 1340. The maximum atomic E-state index is 14.7. The molecule has 3 aliphatic rings. The van der Waals surface area contributed by atoms with Gasteiger partial charge in [0.15, 0.2) is 9.84 Å². The first-order chi connectivity index (χ1) is 16.8. The molecule has 1 N–H and O–H groups in total. The Morgan fingerprint density at radius 3 is 2.42 bits per heavy atom. The summed E-state index contributed by atoms with van der Waals surface area (Å²) in [6.07, 6.45) is -1.10. The van der Waals surface area contributed by atoms with Gasteiger partial charge in [-0.1, -0.05) is 12.1 Å². The van der Waals surface area contributed by atoms with Crippen LogP contribution in [0, 0.1) is 17.7 Å². The molecule has 2 aliphatic carbocycles. The zero-order chi connectivity index (χ0) is 26.0. The lowest BCUT2D eigenvalue weighted by Crippen LogP contribution is -2.49. The molecule has 4 atom stereocenters. The van der Waals surface area contributed by atoms with Crippen molar-refractivity contribution >= 4 is 21.7 Å². The van der Waals surface area contributed by atoms with Gasteiger partial charge in [0.2, 0.25) is 5.91 Å². The number of amides is 2. The summed E-state index contributed by atoms with van der Waals surface area (Å²) in [4.78, 5) is 28.1. The van der Waals surface area contributed by atoms with Crippen LogP contribution in [0.5, 0.6) is 0 Å². The van der Waals surface area contributed by atoms with E-state index < -0.39 is 51.3 Å². The van der Waals surface area contributed by atoms with Gasteiger partial charge in [0.25, 0.3) is 5.91 Å². The number of likely N-dealkylation sites (tertiary alicyclic amines) is 1. The van der Waals surface area contributed by atoms with E-state index in [0.717, 1.165) is 24.8 Å². The van der Waals surface area contributed by atoms with Gasteiger partial charge in [0.1, 0.15) is 11.9 Å². The number of halogens is 4. The molecule has 2 aromatic carbocycles. The predicted octanol–water partition coefficient (Wildman–Crippen LogP) is 4.12. The highest BCUT2D eigenvalue weighted by atomic mass is 32.2. The Hall–Kier alpha value is -2.95. The maximum Gasteiger partial charge on any atom is 0.416 e. The van der Waals surface area contributed by atoms with Gasteiger partial charge in [-0.25, -0.2) is 12.8 Å². The molecular formula is C25H24F4N2O4S. The van der Waals surface area contributed by atoms with Crippen LogP contribution >= 0.6 is 0 Å². The number of nitrogens with one attached hydrogen (secondary N) is 1. The van der Waals surface area contributed by atoms with E-state index in [4.69, 9.17) is 0 Å². The lowest BCUT2D eigenvalue weighted by molar-refractivity contribution is -0.137. The summed E-state index contributed by atoms with van der Waals surface area (Å²) in [5, 5.41) is 2.80. The van der Waals surface area contributed by atoms with Crippen molar-refractivity contribution < 1.29 is 35.6 Å². The van der Waals surface area contributed by atoms with Gasteiger partial charge in [0, 0.05) is 23.4 Å². The van der Waals surface area contributed by atoms with Crippen molar-refractivity contribution in [2.75, 3.05) is 6.26 Å². The maximum absolute atomic E-state index is 14.7. The van der Waals surface area contributed by atoms with Crippen molar-refractivity contribution in [1.29, 1.82) is 0 Å². The number of benzene rings is 2. The highest BCUT2D eigenvalue weighted by Gasteiger charge is 2.56. The molecule has 1 saturated heterocycles. The van der Waals surface area contributed by atoms with Crippen LogP contribution in [0.25, 0.3) is 0 Å². The molecule has 5 rings (SSSR count). The number of hydrogen-bond acceptors (Lipinski definition) is 4. The van der Waals surface area contributed by atoms with Crippen molar-refractivity contribution in [1.82, 2.24) is 10.2 Å². The van der Waals surface area contributed by atoms with E-state index in [1.165, 1.54) is 29.2 Å². The quantitative estimate of drug-likeness (QED) is 0.577. The van der Waals surface area contributed by atoms with Crippen LogP contribution in [0.15, 0.2) is 47.4 Å². The predicted molar refractivity (Wildman–Crippen MR) is 121 cm³/mol. The molecule has 2 saturated carbocycles. The first-order valence-corrected chi connectivity index (χ1v) is 13.5. The molecule has 11 heteroatoms. The summed E-state index contributed by atoms with van der Waals surface area (Å²) in [7, 11) is -3.54. The van der Waals surface area contributed by atoms with Gasteiger partial charge in [0.05, 0.1) is 16.5 Å². The zero-order valence-electron chi connectivity index (χ0n) is 19.3. The number of sulfone groups is 1. The molecule has 1 heterocycles. The van der Waals surface area contributed by atoms with Crippen molar-refractivity contribution in [3.05, 3.63) is 65.0 Å². The summed E-state index contributed by atoms with van der Waals surface area (Å²) in [5.41, 5.74) is -0.967. The summed E-state index contributed by atoms with van der Waals surface area (Å²) < 4.78 is 77.5. The molecule has 0 spiro atoms. The largest absolute Gasteiger partial charge is 0.416 e. The first-order valence-electron chi connectivity index (χ1n) is 11.6. The highest BCUT2D eigenvalue weighted by Crippen LogP contribution is 2.49. The number of nitrogens with zero attached hydrogens (tertiary/aromatic N) is 1. The molecule has 0 bridgehead atoms. The number of carbonyl (C=O) groups excluding carboxylic acids is 2. The van der Waals surface area contributed by atoms with Crippen molar-refractivity contribution in [2.24, 2.45) is 11.8 Å². The Kier molecular flexibility index (Phi) is 5.89. The van der Waals surface area contributed by atoms with Crippen molar-refractivity contribution in [3.63, 3.8) is 0 Å². The average molecular weight is 525 g/mol. The minimum absolute atomic E-state index is 0.00697. The fourth-order valence-electron chi connectivity index (χ4n) is 5.08. The minimum atomic E-state index is -4.68. The van der Waals surface area contributed by atoms with E-state index in [-0.39, 0.29) is 33.9 Å². The molecule has 0 radical (unpaired) electrons. The van der Waals surface area contributed by atoms with Gasteiger partial charge in [-0.05, 0) is 67.9 Å². The smallest absolute Gasteiger partial charge is 0.347 e. The minimum Gasteiger partial charge on any atom is -0.347 e. The van der Waals surface area contributed by atoms with E-state index in [0.29, 0.717) is 25.3 Å². The van der Waals surface area contributed by atoms with E-state index in [1.807, 2.05) is 0 Å². The molecule has 1 unspecified atom stereocenters. The molecule has 3 fully saturated rings. The van der Waals surface area contributed by atoms with Gasteiger partial charge in [-0.15, -0.1) is 0 Å². The van der Waals surface area contributed by atoms with Gasteiger partial charge < -0.3 is 10.2 Å². The van der Waals surface area contributed by atoms with E-state index >= 15 is 0 Å². The van der Waals surface area contributed by atoms with Crippen LogP contribution in [0.3, 0.4) is 0 Å². The zero-order valence-corrected chi connectivity index (χ0v) is 20.1. The molecular weight excluding hydrogens is 500 g/mol. The average Bonchev–Trinajstić information content (AvgIpc) is 3.74. The lowest BCUT2D eigenvalue weighted by Gasteiger charge is -2.29. The molecule has 1 aliphatic heterocycles. The number of piperidine rings is 1. The number of rotatable bonds is 6. The third kappa shape index (κ3) is 4.72. The van der Waals surface area contributed by atoms with Crippen LogP contribution in [0.4, 0.5) is 17.6 Å². The normalized spacial score (nSPS) is 24.2. The van der Waals surface area contributed by atoms with E-state index in [9.17, 15) is 35.6 Å². The van der Waals surface area contributed by atoms with E-state index in [1.54, 1.807) is 0 Å². The molecule has 6 nitrogen and oxygen atoms in total. The third-order valence-electron chi connectivity index (χ3n) is 7.20. The topological polar surface area (TPSA) is 83.6 Å². The van der Waals surface area contributed by atoms with Gasteiger partial charge >= 0.3 is 6.18 Å².